The molecule has 0 radical (unpaired) electrons. The van der Waals surface area contributed by atoms with Crippen molar-refractivity contribution in [2.75, 3.05) is 18.9 Å². The summed E-state index contributed by atoms with van der Waals surface area (Å²) in [6.07, 6.45) is 4.11. The molecule has 1 amide bonds. The maximum absolute atomic E-state index is 14.7. The van der Waals surface area contributed by atoms with E-state index in [4.69, 9.17) is 0 Å². The van der Waals surface area contributed by atoms with E-state index >= 15 is 0 Å². The Morgan fingerprint density at radius 2 is 2.03 bits per heavy atom. The van der Waals surface area contributed by atoms with E-state index in [2.05, 4.69) is 42.4 Å². The standard InChI is InChI=1S/C26H32FN3O/c1-4-23-24(13-22(27)14-25(23)29-18-31)26(17-28)19(2)9-8-12-21(26)16-30(3)15-20-10-6-5-7-11-20/h5-7,10-11,13-14,18-19,21H,4,8-9,12,15-16H2,1-3H3,(H,29,31). The van der Waals surface area contributed by atoms with Gasteiger partial charge in [0.2, 0.25) is 6.41 Å². The number of nitriles is 1. The molecule has 0 spiro atoms. The zero-order chi connectivity index (χ0) is 22.4. The fourth-order valence-corrected chi connectivity index (χ4v) is 5.43. The molecular formula is C26H32FN3O. The number of anilines is 1. The summed E-state index contributed by atoms with van der Waals surface area (Å²) in [6, 6.07) is 15.8. The van der Waals surface area contributed by atoms with Crippen LogP contribution in [0.4, 0.5) is 10.1 Å². The number of halogens is 1. The van der Waals surface area contributed by atoms with Crippen LogP contribution in [0.15, 0.2) is 42.5 Å². The normalized spacial score (nSPS) is 23.4. The Hall–Kier alpha value is -2.71. The average Bonchev–Trinajstić information content (AvgIpc) is 2.75. The highest BCUT2D eigenvalue weighted by atomic mass is 19.1. The topological polar surface area (TPSA) is 56.1 Å². The molecule has 3 rings (SSSR count). The van der Waals surface area contributed by atoms with Crippen molar-refractivity contribution in [3.63, 3.8) is 0 Å². The van der Waals surface area contributed by atoms with Crippen molar-refractivity contribution >= 4 is 12.1 Å². The number of rotatable bonds is 8. The molecule has 1 N–H and O–H groups in total. The van der Waals surface area contributed by atoms with Gasteiger partial charge < -0.3 is 10.2 Å². The van der Waals surface area contributed by atoms with Crippen molar-refractivity contribution < 1.29 is 9.18 Å². The smallest absolute Gasteiger partial charge is 0.211 e. The van der Waals surface area contributed by atoms with E-state index in [1.165, 1.54) is 17.7 Å². The van der Waals surface area contributed by atoms with Crippen LogP contribution in [-0.2, 0) is 23.2 Å². The minimum Gasteiger partial charge on any atom is -0.328 e. The van der Waals surface area contributed by atoms with E-state index in [0.717, 1.165) is 43.5 Å². The Kier molecular flexibility index (Phi) is 7.46. The molecule has 5 heteroatoms. The Bertz CT molecular complexity index is 940. The number of carbonyl (C=O) groups excluding carboxylic acids is 1. The summed E-state index contributed by atoms with van der Waals surface area (Å²) in [5, 5.41) is 13.2. The van der Waals surface area contributed by atoms with Gasteiger partial charge in [0.1, 0.15) is 5.82 Å². The molecule has 0 saturated heterocycles. The van der Waals surface area contributed by atoms with Crippen LogP contribution in [0.2, 0.25) is 0 Å². The van der Waals surface area contributed by atoms with Gasteiger partial charge in [-0.1, -0.05) is 50.6 Å². The molecule has 0 aromatic heterocycles. The van der Waals surface area contributed by atoms with Crippen molar-refractivity contribution in [3.05, 3.63) is 65.0 Å². The van der Waals surface area contributed by atoms with Crippen LogP contribution in [0, 0.1) is 29.0 Å². The molecule has 3 unspecified atom stereocenters. The Labute approximate surface area is 185 Å². The zero-order valence-electron chi connectivity index (χ0n) is 18.7. The summed E-state index contributed by atoms with van der Waals surface area (Å²) in [6.45, 7) is 5.66. The first kappa shape index (κ1) is 23.0. The quantitative estimate of drug-likeness (QED) is 0.590. The van der Waals surface area contributed by atoms with E-state index in [1.54, 1.807) is 0 Å². The Morgan fingerprint density at radius 1 is 1.29 bits per heavy atom. The Morgan fingerprint density at radius 3 is 2.68 bits per heavy atom. The number of nitrogens with zero attached hydrogens (tertiary/aromatic N) is 2. The summed E-state index contributed by atoms with van der Waals surface area (Å²) in [5.41, 5.74) is 2.51. The van der Waals surface area contributed by atoms with Crippen molar-refractivity contribution in [1.82, 2.24) is 4.90 Å². The minimum absolute atomic E-state index is 0.0751. The van der Waals surface area contributed by atoms with Gasteiger partial charge in [0, 0.05) is 18.8 Å². The molecule has 0 heterocycles. The molecule has 3 atom stereocenters. The monoisotopic (exact) mass is 421 g/mol. The van der Waals surface area contributed by atoms with E-state index in [-0.39, 0.29) is 11.8 Å². The number of hydrogen-bond acceptors (Lipinski definition) is 3. The molecule has 2 aromatic carbocycles. The number of benzene rings is 2. The fourth-order valence-electron chi connectivity index (χ4n) is 5.43. The van der Waals surface area contributed by atoms with Gasteiger partial charge in [0.05, 0.1) is 11.5 Å². The van der Waals surface area contributed by atoms with E-state index in [1.807, 2.05) is 25.1 Å². The molecule has 164 valence electrons. The van der Waals surface area contributed by atoms with E-state index < -0.39 is 11.2 Å². The van der Waals surface area contributed by atoms with Gasteiger partial charge >= 0.3 is 0 Å². The minimum atomic E-state index is -0.796. The first-order valence-corrected chi connectivity index (χ1v) is 11.1. The van der Waals surface area contributed by atoms with Crippen molar-refractivity contribution in [2.24, 2.45) is 11.8 Å². The van der Waals surface area contributed by atoms with Gasteiger partial charge in [-0.15, -0.1) is 0 Å². The Balaban J connectivity index is 2.03. The zero-order valence-corrected chi connectivity index (χ0v) is 18.7. The first-order valence-electron chi connectivity index (χ1n) is 11.1. The maximum Gasteiger partial charge on any atom is 0.211 e. The van der Waals surface area contributed by atoms with Crippen LogP contribution in [-0.4, -0.2) is 24.9 Å². The summed E-state index contributed by atoms with van der Waals surface area (Å²) in [5.74, 6) is -0.246. The van der Waals surface area contributed by atoms with Crippen molar-refractivity contribution in [3.8, 4) is 6.07 Å². The van der Waals surface area contributed by atoms with Crippen LogP contribution in [0.5, 0.6) is 0 Å². The van der Waals surface area contributed by atoms with Gasteiger partial charge in [0.15, 0.2) is 0 Å². The molecule has 1 fully saturated rings. The molecular weight excluding hydrogens is 389 g/mol. The third kappa shape index (κ3) is 4.65. The summed E-state index contributed by atoms with van der Waals surface area (Å²) < 4.78 is 14.7. The van der Waals surface area contributed by atoms with Gasteiger partial charge in [-0.25, -0.2) is 4.39 Å². The molecule has 0 bridgehead atoms. The van der Waals surface area contributed by atoms with Crippen LogP contribution in [0.3, 0.4) is 0 Å². The number of amides is 1. The van der Waals surface area contributed by atoms with Crippen molar-refractivity contribution in [2.45, 2.75) is 51.5 Å². The predicted molar refractivity (Wildman–Crippen MR) is 122 cm³/mol. The lowest BCUT2D eigenvalue weighted by molar-refractivity contribution is -0.105. The lowest BCUT2D eigenvalue weighted by atomic mass is 9.57. The fraction of sp³-hybridized carbons (Fsp3) is 0.462. The van der Waals surface area contributed by atoms with Gasteiger partial charge in [-0.2, -0.15) is 5.26 Å². The third-order valence-electron chi connectivity index (χ3n) is 6.85. The molecule has 1 aliphatic rings. The van der Waals surface area contributed by atoms with Gasteiger partial charge in [0.25, 0.3) is 0 Å². The maximum atomic E-state index is 14.7. The molecule has 2 aromatic rings. The number of nitrogens with one attached hydrogen (secondary N) is 1. The second-order valence-electron chi connectivity index (χ2n) is 8.79. The second-order valence-corrected chi connectivity index (χ2v) is 8.79. The van der Waals surface area contributed by atoms with Crippen LogP contribution < -0.4 is 5.32 Å². The first-order chi connectivity index (χ1) is 15.0. The molecule has 31 heavy (non-hydrogen) atoms. The largest absolute Gasteiger partial charge is 0.328 e. The average molecular weight is 422 g/mol. The van der Waals surface area contributed by atoms with Crippen LogP contribution in [0.25, 0.3) is 0 Å². The molecule has 1 saturated carbocycles. The van der Waals surface area contributed by atoms with Crippen LogP contribution in [0.1, 0.15) is 49.8 Å². The van der Waals surface area contributed by atoms with Gasteiger partial charge in [-0.3, -0.25) is 4.79 Å². The third-order valence-corrected chi connectivity index (χ3v) is 6.85. The second kappa shape index (κ2) is 10.1. The van der Waals surface area contributed by atoms with Crippen molar-refractivity contribution in [1.29, 1.82) is 5.26 Å². The summed E-state index contributed by atoms with van der Waals surface area (Å²) in [4.78, 5) is 13.4. The summed E-state index contributed by atoms with van der Waals surface area (Å²) >= 11 is 0. The highest BCUT2D eigenvalue weighted by molar-refractivity contribution is 5.75. The summed E-state index contributed by atoms with van der Waals surface area (Å²) in [7, 11) is 2.08. The predicted octanol–water partition coefficient (Wildman–Crippen LogP) is 5.29. The number of hydrogen-bond donors (Lipinski definition) is 1. The van der Waals surface area contributed by atoms with Crippen LogP contribution >= 0.6 is 0 Å². The lowest BCUT2D eigenvalue weighted by Crippen LogP contribution is -2.48. The highest BCUT2D eigenvalue weighted by Gasteiger charge is 2.49. The highest BCUT2D eigenvalue weighted by Crippen LogP contribution is 2.49. The molecule has 4 nitrogen and oxygen atoms in total. The van der Waals surface area contributed by atoms with Gasteiger partial charge in [-0.05, 0) is 67.0 Å². The molecule has 0 aliphatic heterocycles. The lowest BCUT2D eigenvalue weighted by Gasteiger charge is -2.46. The molecule has 1 aliphatic carbocycles. The number of carbonyl (C=O) groups is 1. The van der Waals surface area contributed by atoms with E-state index in [0.29, 0.717) is 18.5 Å². The SMILES string of the molecule is CCc1c(NC=O)cc(F)cc1C1(C#N)C(C)CCCC1CN(C)Cc1ccccc1. The van der Waals surface area contributed by atoms with E-state index in [9.17, 15) is 14.4 Å².